The van der Waals surface area contributed by atoms with Gasteiger partial charge in [-0.1, -0.05) is 140 Å². The van der Waals surface area contributed by atoms with Gasteiger partial charge in [-0.25, -0.2) is 0 Å². The molecule has 0 saturated carbocycles. The molecule has 0 radical (unpaired) electrons. The fraction of sp³-hybridized carbons (Fsp3) is 0. The summed E-state index contributed by atoms with van der Waals surface area (Å²) in [7, 11) is 0. The van der Waals surface area contributed by atoms with Crippen molar-refractivity contribution >= 4 is 82.0 Å². The number of nitrogens with zero attached hydrogens (tertiary/aromatic N) is 3. The lowest BCUT2D eigenvalue weighted by Gasteiger charge is -2.17. The van der Waals surface area contributed by atoms with Crippen LogP contribution in [0.4, 0.5) is 0 Å². The Bertz CT molecular complexity index is 3880. The van der Waals surface area contributed by atoms with Gasteiger partial charge in [-0.05, 0) is 81.9 Å². The number of rotatable bonds is 5. The lowest BCUT2D eigenvalue weighted by Crippen LogP contribution is -1.91. The highest BCUT2D eigenvalue weighted by atomic mass is 16.3. The van der Waals surface area contributed by atoms with Gasteiger partial charge in [0.2, 0.25) is 0 Å². The Balaban J connectivity index is 1.09. The highest BCUT2D eigenvalue weighted by molar-refractivity contribution is 6.26. The molecule has 14 aromatic rings. The van der Waals surface area contributed by atoms with Crippen LogP contribution < -0.4 is 0 Å². The monoisotopic (exact) mass is 803 g/mol. The second-order valence-electron chi connectivity index (χ2n) is 16.4. The Kier molecular flexibility index (Phi) is 7.05. The molecule has 0 bridgehead atoms. The molecule has 0 atom stereocenters. The molecule has 0 amide bonds. The van der Waals surface area contributed by atoms with E-state index >= 15 is 0 Å². The SMILES string of the molecule is c1ccc(-c2cccc(-c3ccccc3)c2-c2cc3c4cc(-c5cccc6c5oc5ccccc56)ncc4n4c5cnc(-c6cccc7c6oc6ccccc67)cc5c(c2)c34)cc1. The summed E-state index contributed by atoms with van der Waals surface area (Å²) >= 11 is 0. The third-order valence-electron chi connectivity index (χ3n) is 13.0. The molecule has 0 aliphatic carbocycles. The zero-order valence-corrected chi connectivity index (χ0v) is 33.7. The van der Waals surface area contributed by atoms with Crippen LogP contribution >= 0.6 is 0 Å². The average Bonchev–Trinajstić information content (AvgIpc) is 4.11. The standard InChI is InChI=1S/C58H33N3O2/c1-3-14-34(15-4-1)37-20-11-21-38(35-16-5-2-6-17-35)55(37)36-28-47-45-30-49(43-24-12-22-41-39-18-7-9-26-53(39)62-57(41)43)59-32-51(45)61-52-33-60-50(31-46(52)48(29-36)56(47)61)44-25-13-23-42-40-19-8-10-27-54(40)63-58(42)44/h1-33H. The second kappa shape index (κ2) is 13.0. The van der Waals surface area contributed by atoms with E-state index < -0.39 is 0 Å². The first kappa shape index (κ1) is 34.2. The first-order chi connectivity index (χ1) is 31.2. The van der Waals surface area contributed by atoms with Gasteiger partial charge >= 0.3 is 0 Å². The smallest absolute Gasteiger partial charge is 0.144 e. The molecule has 0 spiro atoms. The predicted octanol–water partition coefficient (Wildman–Crippen LogP) is 15.8. The molecule has 292 valence electrons. The summed E-state index contributed by atoms with van der Waals surface area (Å²) in [5, 5.41) is 8.90. The van der Waals surface area contributed by atoms with E-state index in [1.165, 1.54) is 27.8 Å². The van der Waals surface area contributed by atoms with Crippen LogP contribution in [0.5, 0.6) is 0 Å². The quantitative estimate of drug-likeness (QED) is 0.174. The summed E-state index contributed by atoms with van der Waals surface area (Å²) in [4.78, 5) is 10.4. The van der Waals surface area contributed by atoms with Crippen LogP contribution in [-0.4, -0.2) is 14.4 Å². The molecule has 0 aliphatic heterocycles. The number of aromatic nitrogens is 3. The molecule has 0 fully saturated rings. The van der Waals surface area contributed by atoms with Crippen LogP contribution in [0, 0.1) is 0 Å². The molecule has 6 heterocycles. The number of furan rings is 2. The van der Waals surface area contributed by atoms with Crippen molar-refractivity contribution in [2.75, 3.05) is 0 Å². The van der Waals surface area contributed by atoms with Gasteiger partial charge < -0.3 is 13.2 Å². The van der Waals surface area contributed by atoms with Crippen LogP contribution in [0.25, 0.3) is 138 Å². The van der Waals surface area contributed by atoms with Crippen molar-refractivity contribution in [3.8, 4) is 55.9 Å². The van der Waals surface area contributed by atoms with E-state index in [4.69, 9.17) is 18.8 Å². The van der Waals surface area contributed by atoms with E-state index in [0.29, 0.717) is 0 Å². The summed E-state index contributed by atoms with van der Waals surface area (Å²) in [6.45, 7) is 0. The van der Waals surface area contributed by atoms with Crippen molar-refractivity contribution in [1.29, 1.82) is 0 Å². The number of para-hydroxylation sites is 4. The van der Waals surface area contributed by atoms with E-state index in [2.05, 4.69) is 168 Å². The molecular weight excluding hydrogens is 771 g/mol. The van der Waals surface area contributed by atoms with E-state index in [9.17, 15) is 0 Å². The Labute approximate surface area is 360 Å². The molecule has 0 N–H and O–H groups in total. The molecule has 6 aromatic heterocycles. The lowest BCUT2D eigenvalue weighted by atomic mass is 9.86. The Morgan fingerprint density at radius 2 is 0.762 bits per heavy atom. The normalized spacial score (nSPS) is 12.1. The molecule has 63 heavy (non-hydrogen) atoms. The van der Waals surface area contributed by atoms with Gasteiger partial charge in [0.25, 0.3) is 0 Å². The molecule has 5 heteroatoms. The van der Waals surface area contributed by atoms with E-state index in [1.807, 2.05) is 36.7 Å². The molecular formula is C58H33N3O2. The predicted molar refractivity (Wildman–Crippen MR) is 258 cm³/mol. The average molecular weight is 804 g/mol. The van der Waals surface area contributed by atoms with Crippen molar-refractivity contribution in [2.45, 2.75) is 0 Å². The summed E-state index contributed by atoms with van der Waals surface area (Å²) in [5.74, 6) is 0. The van der Waals surface area contributed by atoms with E-state index in [1.54, 1.807) is 0 Å². The summed E-state index contributed by atoms with van der Waals surface area (Å²) in [6.07, 6.45) is 4.06. The van der Waals surface area contributed by atoms with Crippen molar-refractivity contribution in [2.24, 2.45) is 0 Å². The van der Waals surface area contributed by atoms with E-state index in [0.717, 1.165) is 110 Å². The van der Waals surface area contributed by atoms with Gasteiger partial charge in [0.15, 0.2) is 0 Å². The number of hydrogen-bond donors (Lipinski definition) is 0. The molecule has 14 rings (SSSR count). The Morgan fingerprint density at radius 3 is 1.27 bits per heavy atom. The molecule has 8 aromatic carbocycles. The van der Waals surface area contributed by atoms with Gasteiger partial charge in [0, 0.05) is 54.2 Å². The van der Waals surface area contributed by atoms with Gasteiger partial charge in [-0.2, -0.15) is 0 Å². The minimum Gasteiger partial charge on any atom is -0.455 e. The van der Waals surface area contributed by atoms with Crippen molar-refractivity contribution in [3.63, 3.8) is 0 Å². The lowest BCUT2D eigenvalue weighted by molar-refractivity contribution is 0.669. The highest BCUT2D eigenvalue weighted by Gasteiger charge is 2.24. The fourth-order valence-electron chi connectivity index (χ4n) is 10.3. The third kappa shape index (κ3) is 4.93. The third-order valence-corrected chi connectivity index (χ3v) is 13.0. The maximum Gasteiger partial charge on any atom is 0.144 e. The largest absolute Gasteiger partial charge is 0.455 e. The number of pyridine rings is 2. The molecule has 0 saturated heterocycles. The zero-order chi connectivity index (χ0) is 41.2. The maximum absolute atomic E-state index is 6.54. The summed E-state index contributed by atoms with van der Waals surface area (Å²) in [5.41, 5.74) is 17.3. The molecule has 5 nitrogen and oxygen atoms in total. The van der Waals surface area contributed by atoms with Crippen LogP contribution in [0.2, 0.25) is 0 Å². The van der Waals surface area contributed by atoms with Crippen LogP contribution in [0.1, 0.15) is 0 Å². The van der Waals surface area contributed by atoms with E-state index in [-0.39, 0.29) is 0 Å². The minimum absolute atomic E-state index is 0.841. The maximum atomic E-state index is 6.54. The van der Waals surface area contributed by atoms with Crippen molar-refractivity contribution < 1.29 is 8.83 Å². The highest BCUT2D eigenvalue weighted by Crippen LogP contribution is 2.48. The fourth-order valence-corrected chi connectivity index (χ4v) is 10.3. The van der Waals surface area contributed by atoms with Crippen LogP contribution in [0.15, 0.2) is 209 Å². The van der Waals surface area contributed by atoms with Gasteiger partial charge in [0.05, 0.1) is 40.3 Å². The van der Waals surface area contributed by atoms with Crippen molar-refractivity contribution in [1.82, 2.24) is 14.4 Å². The first-order valence-corrected chi connectivity index (χ1v) is 21.3. The summed E-state index contributed by atoms with van der Waals surface area (Å²) in [6, 6.07) is 66.6. The van der Waals surface area contributed by atoms with Crippen LogP contribution in [0.3, 0.4) is 0 Å². The summed E-state index contributed by atoms with van der Waals surface area (Å²) < 4.78 is 15.4. The van der Waals surface area contributed by atoms with Gasteiger partial charge in [-0.3, -0.25) is 9.97 Å². The zero-order valence-electron chi connectivity index (χ0n) is 33.7. The van der Waals surface area contributed by atoms with Crippen molar-refractivity contribution in [3.05, 3.63) is 200 Å². The number of fused-ring (bicyclic) bond motifs is 12. The molecule has 0 unspecified atom stereocenters. The first-order valence-electron chi connectivity index (χ1n) is 21.3. The second-order valence-corrected chi connectivity index (χ2v) is 16.4. The van der Waals surface area contributed by atoms with Crippen LogP contribution in [-0.2, 0) is 0 Å². The minimum atomic E-state index is 0.841. The number of hydrogen-bond acceptors (Lipinski definition) is 4. The van der Waals surface area contributed by atoms with Gasteiger partial charge in [0.1, 0.15) is 22.3 Å². The number of benzene rings is 8. The Morgan fingerprint density at radius 1 is 0.333 bits per heavy atom. The van der Waals surface area contributed by atoms with Gasteiger partial charge in [-0.15, -0.1) is 0 Å². The topological polar surface area (TPSA) is 56.5 Å². The Hall–Kier alpha value is -8.54. The molecule has 0 aliphatic rings.